The monoisotopic (exact) mass is 293 g/mol. The van der Waals surface area contributed by atoms with Crippen LogP contribution in [0.15, 0.2) is 0 Å². The lowest BCUT2D eigenvalue weighted by molar-refractivity contribution is -0.139. The zero-order valence-electron chi connectivity index (χ0n) is 12.5. The van der Waals surface area contributed by atoms with E-state index in [1.54, 1.807) is 11.8 Å². The Kier molecular flexibility index (Phi) is 5.59. The van der Waals surface area contributed by atoms with Crippen LogP contribution in [0.2, 0.25) is 5.82 Å². The fraction of sp³-hybridized carbons (Fsp3) is 0.867. The Labute approximate surface area is 127 Å². The van der Waals surface area contributed by atoms with Crippen molar-refractivity contribution in [2.24, 2.45) is 5.92 Å². The molecule has 0 aromatic rings. The number of amides is 2. The van der Waals surface area contributed by atoms with Gasteiger partial charge in [0.25, 0.3) is 0 Å². The van der Waals surface area contributed by atoms with Gasteiger partial charge in [-0.2, -0.15) is 0 Å². The highest BCUT2D eigenvalue weighted by Crippen LogP contribution is 2.34. The molecule has 20 heavy (non-hydrogen) atoms. The van der Waals surface area contributed by atoms with E-state index in [0.717, 1.165) is 32.1 Å². The molecule has 0 bridgehead atoms. The van der Waals surface area contributed by atoms with Crippen molar-refractivity contribution in [3.63, 3.8) is 0 Å². The van der Waals surface area contributed by atoms with E-state index < -0.39 is 0 Å². The first kappa shape index (κ1) is 15.9. The molecule has 2 rings (SSSR count). The van der Waals surface area contributed by atoms with Gasteiger partial charge in [-0.05, 0) is 25.2 Å². The molecule has 1 saturated heterocycles. The van der Waals surface area contributed by atoms with E-state index in [1.165, 1.54) is 4.90 Å². The molecule has 0 aromatic carbocycles. The van der Waals surface area contributed by atoms with Gasteiger partial charge in [0.15, 0.2) is 0 Å². The van der Waals surface area contributed by atoms with E-state index >= 15 is 0 Å². The number of imide groups is 1. The van der Waals surface area contributed by atoms with Crippen LogP contribution in [-0.2, 0) is 9.59 Å². The third-order valence-electron chi connectivity index (χ3n) is 4.51. The Hall–Kier alpha value is -0.445. The fourth-order valence-corrected chi connectivity index (χ4v) is 4.19. The Balaban J connectivity index is 1.88. The largest absolute Gasteiger partial charge is 0.281 e. The third-order valence-corrected chi connectivity index (χ3v) is 6.00. The van der Waals surface area contributed by atoms with E-state index in [1.807, 2.05) is 0 Å². The van der Waals surface area contributed by atoms with Gasteiger partial charge in [0.2, 0.25) is 11.8 Å². The molecular formula is C15H24BNO2S. The van der Waals surface area contributed by atoms with Crippen molar-refractivity contribution in [1.29, 1.82) is 0 Å². The van der Waals surface area contributed by atoms with Crippen LogP contribution in [0, 0.1) is 5.92 Å². The van der Waals surface area contributed by atoms with Crippen LogP contribution < -0.4 is 0 Å². The molecule has 110 valence electrons. The molecule has 1 aliphatic heterocycles. The van der Waals surface area contributed by atoms with Crippen molar-refractivity contribution in [1.82, 2.24) is 4.90 Å². The fourth-order valence-electron chi connectivity index (χ4n) is 2.96. The summed E-state index contributed by atoms with van der Waals surface area (Å²) in [5.41, 5.74) is 0. The van der Waals surface area contributed by atoms with E-state index in [2.05, 4.69) is 13.8 Å². The molecule has 0 N–H and O–H groups in total. The predicted octanol–water partition coefficient (Wildman–Crippen LogP) is 2.79. The van der Waals surface area contributed by atoms with Gasteiger partial charge < -0.3 is 0 Å². The molecule has 2 atom stereocenters. The zero-order valence-corrected chi connectivity index (χ0v) is 13.3. The van der Waals surface area contributed by atoms with Crippen LogP contribution in [0.4, 0.5) is 0 Å². The molecular weight excluding hydrogens is 269 g/mol. The summed E-state index contributed by atoms with van der Waals surface area (Å²) in [4.78, 5) is 26.0. The first-order valence-electron chi connectivity index (χ1n) is 7.76. The summed E-state index contributed by atoms with van der Waals surface area (Å²) in [5, 5.41) is 0.285. The highest BCUT2D eigenvalue weighted by Gasteiger charge is 2.40. The Bertz CT molecular complexity index is 369. The molecule has 1 aliphatic carbocycles. The van der Waals surface area contributed by atoms with Crippen LogP contribution in [0.3, 0.4) is 0 Å². The summed E-state index contributed by atoms with van der Waals surface area (Å²) in [6, 6.07) is 0. The van der Waals surface area contributed by atoms with Gasteiger partial charge in [0.1, 0.15) is 0 Å². The van der Waals surface area contributed by atoms with E-state index in [-0.39, 0.29) is 17.1 Å². The highest BCUT2D eigenvalue weighted by molar-refractivity contribution is 8.01. The molecule has 2 unspecified atom stereocenters. The smallest absolute Gasteiger partial charge is 0.242 e. The van der Waals surface area contributed by atoms with Crippen LogP contribution in [0.5, 0.6) is 0 Å². The number of hydrogen-bond donors (Lipinski definition) is 0. The van der Waals surface area contributed by atoms with Crippen LogP contribution in [-0.4, -0.2) is 41.6 Å². The summed E-state index contributed by atoms with van der Waals surface area (Å²) in [5.74, 6) is 0.820. The number of nitrogens with zero attached hydrogens (tertiary/aromatic N) is 1. The molecule has 2 aliphatic rings. The Morgan fingerprint density at radius 1 is 1.30 bits per heavy atom. The maximum absolute atomic E-state index is 12.4. The van der Waals surface area contributed by atoms with Crippen molar-refractivity contribution in [3.05, 3.63) is 0 Å². The van der Waals surface area contributed by atoms with Crippen molar-refractivity contribution in [3.8, 4) is 0 Å². The van der Waals surface area contributed by atoms with Gasteiger partial charge in [0, 0.05) is 18.2 Å². The SMILES string of the molecule is [B]C1CCC(CN2C(=O)CC(SC(C)CC)C2=O)CC1. The second kappa shape index (κ2) is 7.01. The van der Waals surface area contributed by atoms with Crippen molar-refractivity contribution in [2.45, 2.75) is 68.7 Å². The summed E-state index contributed by atoms with van der Waals surface area (Å²) in [7, 11) is 5.90. The summed E-state index contributed by atoms with van der Waals surface area (Å²) < 4.78 is 0. The summed E-state index contributed by atoms with van der Waals surface area (Å²) >= 11 is 1.65. The van der Waals surface area contributed by atoms with Crippen molar-refractivity contribution in [2.75, 3.05) is 6.54 Å². The maximum atomic E-state index is 12.4. The first-order chi connectivity index (χ1) is 9.51. The third kappa shape index (κ3) is 3.81. The average molecular weight is 293 g/mol. The first-order valence-corrected chi connectivity index (χ1v) is 8.70. The number of hydrogen-bond acceptors (Lipinski definition) is 3. The van der Waals surface area contributed by atoms with Gasteiger partial charge in [-0.15, -0.1) is 11.8 Å². The number of carbonyl (C=O) groups is 2. The van der Waals surface area contributed by atoms with Gasteiger partial charge in [-0.1, -0.05) is 32.5 Å². The average Bonchev–Trinajstić information content (AvgIpc) is 2.68. The number of carbonyl (C=O) groups excluding carboxylic acids is 2. The van der Waals surface area contributed by atoms with Crippen LogP contribution >= 0.6 is 11.8 Å². The standard InChI is InChI=1S/C15H24BNO2S/c1-3-10(2)20-13-8-14(18)17(15(13)19)9-11-4-6-12(16)7-5-11/h10-13H,3-9H2,1-2H3. The molecule has 0 spiro atoms. The maximum Gasteiger partial charge on any atom is 0.242 e. The number of rotatable bonds is 5. The van der Waals surface area contributed by atoms with E-state index in [9.17, 15) is 9.59 Å². The highest BCUT2D eigenvalue weighted by atomic mass is 32.2. The summed E-state index contributed by atoms with van der Waals surface area (Å²) in [6.07, 6.45) is 5.55. The second-order valence-electron chi connectivity index (χ2n) is 6.17. The summed E-state index contributed by atoms with van der Waals surface area (Å²) in [6.45, 7) is 4.84. The van der Waals surface area contributed by atoms with Gasteiger partial charge in [-0.3, -0.25) is 14.5 Å². The van der Waals surface area contributed by atoms with Gasteiger partial charge in [0.05, 0.1) is 13.1 Å². The van der Waals surface area contributed by atoms with Gasteiger partial charge in [-0.25, -0.2) is 0 Å². The minimum atomic E-state index is -0.150. The van der Waals surface area contributed by atoms with Crippen LogP contribution in [0.25, 0.3) is 0 Å². The zero-order chi connectivity index (χ0) is 14.7. The molecule has 2 amide bonds. The quantitative estimate of drug-likeness (QED) is 0.578. The lowest BCUT2D eigenvalue weighted by Crippen LogP contribution is -2.36. The predicted molar refractivity (Wildman–Crippen MR) is 83.9 cm³/mol. The second-order valence-corrected chi connectivity index (χ2v) is 7.82. The van der Waals surface area contributed by atoms with Crippen molar-refractivity contribution >= 4 is 31.4 Å². The van der Waals surface area contributed by atoms with E-state index in [4.69, 9.17) is 7.85 Å². The molecule has 5 heteroatoms. The Morgan fingerprint density at radius 3 is 2.55 bits per heavy atom. The molecule has 2 fully saturated rings. The molecule has 0 aromatic heterocycles. The molecule has 3 nitrogen and oxygen atoms in total. The van der Waals surface area contributed by atoms with Crippen LogP contribution in [0.1, 0.15) is 52.4 Å². The molecule has 1 saturated carbocycles. The minimum Gasteiger partial charge on any atom is -0.281 e. The lowest BCUT2D eigenvalue weighted by Gasteiger charge is -2.29. The Morgan fingerprint density at radius 2 is 1.95 bits per heavy atom. The topological polar surface area (TPSA) is 37.4 Å². The van der Waals surface area contributed by atoms with Crippen molar-refractivity contribution < 1.29 is 9.59 Å². The molecule has 2 radical (unpaired) electrons. The number of likely N-dealkylation sites (tertiary alicyclic amines) is 1. The molecule has 1 heterocycles. The minimum absolute atomic E-state index is 0.0191. The normalized spacial score (nSPS) is 32.7. The van der Waals surface area contributed by atoms with E-state index in [0.29, 0.717) is 30.0 Å². The van der Waals surface area contributed by atoms with Gasteiger partial charge >= 0.3 is 0 Å². The number of thioether (sulfide) groups is 1. The lowest BCUT2D eigenvalue weighted by atomic mass is 9.72.